The number of nitrogens with one attached hydrogen (secondary N) is 1. The Kier molecular flexibility index (Phi) is 4.42. The molecule has 0 bridgehead atoms. The van der Waals surface area contributed by atoms with Crippen LogP contribution in [0.2, 0.25) is 0 Å². The van der Waals surface area contributed by atoms with E-state index in [1.54, 1.807) is 24.3 Å². The Hall–Kier alpha value is -2.92. The summed E-state index contributed by atoms with van der Waals surface area (Å²) < 4.78 is 2.33. The van der Waals surface area contributed by atoms with E-state index in [0.29, 0.717) is 11.4 Å². The summed E-state index contributed by atoms with van der Waals surface area (Å²) in [6.07, 6.45) is 0. The monoisotopic (exact) mass is 421 g/mol. The molecular formula is C14H8BrN5O4S. The van der Waals surface area contributed by atoms with Crippen molar-refractivity contribution >= 4 is 39.5 Å². The van der Waals surface area contributed by atoms with Crippen LogP contribution >= 0.6 is 28.1 Å². The van der Waals surface area contributed by atoms with Crippen molar-refractivity contribution < 1.29 is 9.85 Å². The largest absolute Gasteiger partial charge is 0.301 e. The molecule has 9 nitrogen and oxygen atoms in total. The number of hydrogen-bond donors (Lipinski definition) is 1. The topological polar surface area (TPSA) is 120 Å². The normalized spacial score (nSPS) is 10.6. The molecule has 11 heteroatoms. The Bertz CT molecular complexity index is 1040. The van der Waals surface area contributed by atoms with E-state index in [-0.39, 0.29) is 16.1 Å². The molecule has 0 atom stereocenters. The number of benzene rings is 2. The van der Waals surface area contributed by atoms with E-state index in [9.17, 15) is 20.2 Å². The van der Waals surface area contributed by atoms with Gasteiger partial charge in [-0.2, -0.15) is 4.98 Å². The molecule has 0 fully saturated rings. The van der Waals surface area contributed by atoms with Crippen LogP contribution in [-0.4, -0.2) is 24.6 Å². The lowest BCUT2D eigenvalue weighted by molar-refractivity contribution is -0.394. The van der Waals surface area contributed by atoms with Crippen molar-refractivity contribution in [2.75, 3.05) is 0 Å². The molecule has 1 aromatic heterocycles. The summed E-state index contributed by atoms with van der Waals surface area (Å²) in [5.74, 6) is 0.356. The summed E-state index contributed by atoms with van der Waals surface area (Å²) in [6.45, 7) is 0. The summed E-state index contributed by atoms with van der Waals surface area (Å²) in [6, 6.07) is 10.5. The lowest BCUT2D eigenvalue weighted by Gasteiger charge is -2.08. The number of hydrogen-bond acceptors (Lipinski definition) is 6. The van der Waals surface area contributed by atoms with E-state index in [4.69, 9.17) is 12.2 Å². The third-order valence-electron chi connectivity index (χ3n) is 3.34. The average Bonchev–Trinajstić information content (AvgIpc) is 2.96. The van der Waals surface area contributed by atoms with Gasteiger partial charge in [0.1, 0.15) is 5.69 Å². The van der Waals surface area contributed by atoms with Gasteiger partial charge in [-0.1, -0.05) is 28.1 Å². The zero-order chi connectivity index (χ0) is 18.1. The highest BCUT2D eigenvalue weighted by atomic mass is 79.9. The number of aromatic nitrogens is 3. The zero-order valence-corrected chi connectivity index (χ0v) is 14.7. The maximum atomic E-state index is 11.4. The Morgan fingerprint density at radius 2 is 1.76 bits per heavy atom. The molecule has 0 saturated carbocycles. The van der Waals surface area contributed by atoms with Gasteiger partial charge in [0, 0.05) is 16.1 Å². The number of nitro benzene ring substituents is 2. The average molecular weight is 422 g/mol. The molecule has 0 aliphatic heterocycles. The van der Waals surface area contributed by atoms with Gasteiger partial charge in [-0.25, -0.2) is 4.68 Å². The number of halogens is 1. The third kappa shape index (κ3) is 3.32. The number of H-pyrrole nitrogens is 1. The first-order valence-electron chi connectivity index (χ1n) is 6.75. The van der Waals surface area contributed by atoms with E-state index in [1.165, 1.54) is 16.8 Å². The van der Waals surface area contributed by atoms with Crippen LogP contribution in [0, 0.1) is 25.0 Å². The molecular weight excluding hydrogens is 414 g/mol. The number of aromatic amines is 1. The molecule has 0 radical (unpaired) electrons. The van der Waals surface area contributed by atoms with Crippen molar-refractivity contribution in [2.45, 2.75) is 0 Å². The Labute approximate surface area is 153 Å². The Morgan fingerprint density at radius 1 is 1.08 bits per heavy atom. The summed E-state index contributed by atoms with van der Waals surface area (Å²) in [5, 5.41) is 25.0. The van der Waals surface area contributed by atoms with E-state index >= 15 is 0 Å². The first-order chi connectivity index (χ1) is 11.9. The van der Waals surface area contributed by atoms with Gasteiger partial charge in [0.25, 0.3) is 5.69 Å². The molecule has 0 unspecified atom stereocenters. The number of rotatable bonds is 4. The van der Waals surface area contributed by atoms with Crippen LogP contribution < -0.4 is 0 Å². The van der Waals surface area contributed by atoms with Crippen molar-refractivity contribution in [1.29, 1.82) is 0 Å². The minimum absolute atomic E-state index is 0.0946. The van der Waals surface area contributed by atoms with Gasteiger partial charge in [0.05, 0.1) is 15.9 Å². The summed E-state index contributed by atoms with van der Waals surface area (Å²) in [4.78, 5) is 25.1. The molecule has 3 aromatic rings. The molecule has 0 aliphatic rings. The Morgan fingerprint density at radius 3 is 2.36 bits per heavy atom. The molecule has 25 heavy (non-hydrogen) atoms. The predicted octanol–water partition coefficient (Wildman–Crippen LogP) is 4.18. The molecule has 1 heterocycles. The van der Waals surface area contributed by atoms with E-state index < -0.39 is 15.5 Å². The second kappa shape index (κ2) is 6.53. The molecule has 0 amide bonds. The molecule has 2 aromatic carbocycles. The fraction of sp³-hybridized carbons (Fsp3) is 0. The molecule has 0 saturated heterocycles. The highest BCUT2D eigenvalue weighted by Crippen LogP contribution is 2.30. The molecule has 3 rings (SSSR count). The lowest BCUT2D eigenvalue weighted by atomic mass is 10.2. The van der Waals surface area contributed by atoms with Crippen molar-refractivity contribution in [3.8, 4) is 17.1 Å². The van der Waals surface area contributed by atoms with E-state index in [2.05, 4.69) is 26.0 Å². The summed E-state index contributed by atoms with van der Waals surface area (Å²) >= 11 is 8.38. The van der Waals surface area contributed by atoms with Gasteiger partial charge in [-0.15, -0.1) is 0 Å². The highest BCUT2D eigenvalue weighted by Gasteiger charge is 2.23. The summed E-state index contributed by atoms with van der Waals surface area (Å²) in [7, 11) is 0. The number of nitro groups is 2. The van der Waals surface area contributed by atoms with Crippen LogP contribution in [0.25, 0.3) is 17.1 Å². The van der Waals surface area contributed by atoms with Gasteiger partial charge in [-0.05, 0) is 30.4 Å². The third-order valence-corrected chi connectivity index (χ3v) is 4.05. The predicted molar refractivity (Wildman–Crippen MR) is 95.2 cm³/mol. The maximum absolute atomic E-state index is 11.4. The number of non-ortho nitro benzene ring substituents is 1. The van der Waals surface area contributed by atoms with E-state index in [1.807, 2.05) is 0 Å². The maximum Gasteiger partial charge on any atom is 0.301 e. The standard InChI is InChI=1S/C14H8BrN5O4S/c15-9-3-1-8(2-4-9)13-16-14(25)17-18(13)11-6-5-10(19(21)22)7-12(11)20(23)24/h1-7H,(H,17,25). The highest BCUT2D eigenvalue weighted by molar-refractivity contribution is 9.10. The molecule has 0 aliphatic carbocycles. The fourth-order valence-electron chi connectivity index (χ4n) is 2.25. The minimum Gasteiger partial charge on any atom is -0.266 e. The van der Waals surface area contributed by atoms with Crippen LogP contribution in [0.5, 0.6) is 0 Å². The second-order valence-electron chi connectivity index (χ2n) is 4.88. The fourth-order valence-corrected chi connectivity index (χ4v) is 2.69. The lowest BCUT2D eigenvalue weighted by Crippen LogP contribution is -2.04. The SMILES string of the molecule is O=[N+]([O-])c1ccc(-n2[nH]c(=S)nc2-c2ccc(Br)cc2)c([N+](=O)[O-])c1. The van der Waals surface area contributed by atoms with Gasteiger partial charge < -0.3 is 0 Å². The van der Waals surface area contributed by atoms with E-state index in [0.717, 1.165) is 10.5 Å². The summed E-state index contributed by atoms with van der Waals surface area (Å²) in [5.41, 5.74) is -0.0455. The van der Waals surface area contributed by atoms with Crippen LogP contribution in [0.3, 0.4) is 0 Å². The van der Waals surface area contributed by atoms with Gasteiger partial charge in [0.2, 0.25) is 4.77 Å². The van der Waals surface area contributed by atoms with Crippen molar-refractivity contribution in [1.82, 2.24) is 14.8 Å². The van der Waals surface area contributed by atoms with Crippen LogP contribution in [0.15, 0.2) is 46.9 Å². The molecule has 0 spiro atoms. The van der Waals surface area contributed by atoms with Gasteiger partial charge in [-0.3, -0.25) is 25.3 Å². The van der Waals surface area contributed by atoms with Crippen LogP contribution in [0.1, 0.15) is 0 Å². The Balaban J connectivity index is 2.24. The van der Waals surface area contributed by atoms with Crippen LogP contribution in [-0.2, 0) is 0 Å². The molecule has 126 valence electrons. The quantitative estimate of drug-likeness (QED) is 0.383. The van der Waals surface area contributed by atoms with Crippen molar-refractivity contribution in [3.05, 3.63) is 71.9 Å². The number of nitrogens with zero attached hydrogens (tertiary/aromatic N) is 4. The second-order valence-corrected chi connectivity index (χ2v) is 6.18. The van der Waals surface area contributed by atoms with Gasteiger partial charge in [0.15, 0.2) is 5.82 Å². The zero-order valence-electron chi connectivity index (χ0n) is 12.2. The first-order valence-corrected chi connectivity index (χ1v) is 7.95. The minimum atomic E-state index is -0.692. The molecule has 1 N–H and O–H groups in total. The van der Waals surface area contributed by atoms with Crippen molar-refractivity contribution in [2.24, 2.45) is 0 Å². The van der Waals surface area contributed by atoms with Crippen LogP contribution in [0.4, 0.5) is 11.4 Å². The van der Waals surface area contributed by atoms with Crippen molar-refractivity contribution in [3.63, 3.8) is 0 Å². The van der Waals surface area contributed by atoms with Gasteiger partial charge >= 0.3 is 5.69 Å². The first kappa shape index (κ1) is 16.9. The smallest absolute Gasteiger partial charge is 0.266 e.